The first-order chi connectivity index (χ1) is 16.3. The monoisotopic (exact) mass is 456 g/mol. The Morgan fingerprint density at radius 1 is 0.500 bits per heavy atom. The normalized spacial score (nSPS) is 10.5. The van der Waals surface area contributed by atoms with Gasteiger partial charge in [-0.2, -0.15) is 0 Å². The predicted octanol–water partition coefficient (Wildman–Crippen LogP) is 4.67. The van der Waals surface area contributed by atoms with E-state index in [0.29, 0.717) is 10.8 Å². The Morgan fingerprint density at radius 3 is 1.44 bits per heavy atom. The molecule has 34 heavy (non-hydrogen) atoms. The van der Waals surface area contributed by atoms with Gasteiger partial charge in [-0.15, -0.1) is 0 Å². The minimum absolute atomic E-state index is 0.0345. The second kappa shape index (κ2) is 9.25. The lowest BCUT2D eigenvalue weighted by Crippen LogP contribution is -2.10. The fourth-order valence-electron chi connectivity index (χ4n) is 3.19. The Hall–Kier alpha value is -4.98. The third kappa shape index (κ3) is 4.91. The number of rotatable bonds is 6. The lowest BCUT2D eigenvalue weighted by molar-refractivity contribution is 0.0685. The highest BCUT2D eigenvalue weighted by Gasteiger charge is 2.14. The second-order valence-corrected chi connectivity index (χ2v) is 7.22. The first kappa shape index (κ1) is 22.2. The largest absolute Gasteiger partial charge is 0.478 e. The van der Waals surface area contributed by atoms with Gasteiger partial charge in [-0.05, 0) is 77.5 Å². The number of esters is 2. The molecule has 0 atom stereocenters. The van der Waals surface area contributed by atoms with Crippen molar-refractivity contribution < 1.29 is 38.9 Å². The van der Waals surface area contributed by atoms with Gasteiger partial charge in [-0.1, -0.05) is 18.2 Å². The van der Waals surface area contributed by atoms with E-state index in [1.54, 1.807) is 18.2 Å². The van der Waals surface area contributed by atoms with Crippen molar-refractivity contribution in [3.63, 3.8) is 0 Å². The number of carbonyl (C=O) groups is 4. The highest BCUT2D eigenvalue weighted by Crippen LogP contribution is 2.22. The minimum atomic E-state index is -1.16. The van der Waals surface area contributed by atoms with Crippen LogP contribution in [0.25, 0.3) is 10.8 Å². The summed E-state index contributed by atoms with van der Waals surface area (Å²) in [5.41, 5.74) is 0.484. The van der Waals surface area contributed by atoms with E-state index in [9.17, 15) is 19.2 Å². The summed E-state index contributed by atoms with van der Waals surface area (Å²) in [5, 5.41) is 19.5. The number of benzene rings is 4. The van der Waals surface area contributed by atoms with Gasteiger partial charge in [-0.3, -0.25) is 0 Å². The van der Waals surface area contributed by atoms with Gasteiger partial charge in [-0.25, -0.2) is 19.2 Å². The van der Waals surface area contributed by atoms with Crippen molar-refractivity contribution in [2.75, 3.05) is 0 Å². The van der Waals surface area contributed by atoms with E-state index in [4.69, 9.17) is 19.7 Å². The van der Waals surface area contributed by atoms with Crippen molar-refractivity contribution in [2.45, 2.75) is 0 Å². The van der Waals surface area contributed by atoms with E-state index in [1.807, 2.05) is 0 Å². The van der Waals surface area contributed by atoms with Crippen molar-refractivity contribution in [2.24, 2.45) is 0 Å². The van der Waals surface area contributed by atoms with Crippen LogP contribution in [-0.4, -0.2) is 34.1 Å². The van der Waals surface area contributed by atoms with Crippen molar-refractivity contribution in [3.05, 3.63) is 107 Å². The summed E-state index contributed by atoms with van der Waals surface area (Å²) in [6, 6.07) is 20.6. The summed E-state index contributed by atoms with van der Waals surface area (Å²) < 4.78 is 10.6. The average Bonchev–Trinajstić information content (AvgIpc) is 2.84. The molecule has 4 rings (SSSR count). The van der Waals surface area contributed by atoms with Gasteiger partial charge in [0.25, 0.3) is 0 Å². The first-order valence-corrected chi connectivity index (χ1v) is 9.95. The van der Waals surface area contributed by atoms with Crippen LogP contribution in [0.5, 0.6) is 11.5 Å². The van der Waals surface area contributed by atoms with Crippen molar-refractivity contribution in [3.8, 4) is 11.5 Å². The molecule has 168 valence electrons. The Morgan fingerprint density at radius 2 is 0.912 bits per heavy atom. The first-order valence-electron chi connectivity index (χ1n) is 9.95. The molecule has 0 fully saturated rings. The molecule has 0 saturated carbocycles. The maximum Gasteiger partial charge on any atom is 0.343 e. The van der Waals surface area contributed by atoms with Crippen molar-refractivity contribution in [1.82, 2.24) is 0 Å². The molecule has 0 heterocycles. The molecule has 4 aromatic rings. The summed E-state index contributed by atoms with van der Waals surface area (Å²) in [6.45, 7) is 0. The van der Waals surface area contributed by atoms with Crippen LogP contribution in [0.2, 0.25) is 0 Å². The molecular formula is C26H16O8. The lowest BCUT2D eigenvalue weighted by atomic mass is 10.0. The number of aromatic carboxylic acids is 2. The van der Waals surface area contributed by atoms with Gasteiger partial charge < -0.3 is 19.7 Å². The van der Waals surface area contributed by atoms with Crippen molar-refractivity contribution in [1.29, 1.82) is 0 Å². The highest BCUT2D eigenvalue weighted by molar-refractivity contribution is 5.99. The third-order valence-corrected chi connectivity index (χ3v) is 4.91. The Bertz CT molecular complexity index is 1440. The third-order valence-electron chi connectivity index (χ3n) is 4.91. The fraction of sp³-hybridized carbons (Fsp3) is 0. The number of hydrogen-bond donors (Lipinski definition) is 2. The number of fused-ring (bicyclic) bond motifs is 1. The average molecular weight is 456 g/mol. The summed E-state index contributed by atoms with van der Waals surface area (Å²) in [6.07, 6.45) is 0. The standard InChI is InChI=1S/C26H16O8/c27-23(28)17-2-1-3-19(14-17)25(31)33-21-8-10-22(11-9-21)34-26(32)20-7-5-15-12-18(24(29)30)6-4-16(15)13-20/h1-14H,(H,27,28)(H,29,30). The van der Waals surface area contributed by atoms with Gasteiger partial charge in [0.1, 0.15) is 11.5 Å². The molecule has 0 aromatic heterocycles. The van der Waals surface area contributed by atoms with Gasteiger partial charge >= 0.3 is 23.9 Å². The van der Waals surface area contributed by atoms with E-state index in [-0.39, 0.29) is 33.8 Å². The summed E-state index contributed by atoms with van der Waals surface area (Å²) in [5.74, 6) is -3.12. The zero-order chi connectivity index (χ0) is 24.2. The smallest absolute Gasteiger partial charge is 0.343 e. The molecule has 0 aliphatic rings. The fourth-order valence-corrected chi connectivity index (χ4v) is 3.19. The van der Waals surface area contributed by atoms with Crippen LogP contribution in [0.4, 0.5) is 0 Å². The van der Waals surface area contributed by atoms with Crippen molar-refractivity contribution >= 4 is 34.6 Å². The van der Waals surface area contributed by atoms with E-state index < -0.39 is 23.9 Å². The van der Waals surface area contributed by atoms with Gasteiger partial charge in [0, 0.05) is 0 Å². The van der Waals surface area contributed by atoms with E-state index >= 15 is 0 Å². The van der Waals surface area contributed by atoms with Crippen LogP contribution < -0.4 is 9.47 Å². The maximum absolute atomic E-state index is 12.5. The predicted molar refractivity (Wildman–Crippen MR) is 121 cm³/mol. The van der Waals surface area contributed by atoms with Gasteiger partial charge in [0.05, 0.1) is 22.3 Å². The molecule has 2 N–H and O–H groups in total. The van der Waals surface area contributed by atoms with Crippen LogP contribution in [0, 0.1) is 0 Å². The molecule has 0 radical (unpaired) electrons. The number of carboxylic acid groups (broad SMARTS) is 2. The SMILES string of the molecule is O=C(O)c1cccc(C(=O)Oc2ccc(OC(=O)c3ccc4cc(C(=O)O)ccc4c3)cc2)c1. The summed E-state index contributed by atoms with van der Waals surface area (Å²) in [7, 11) is 0. The Labute approximate surface area is 192 Å². The molecule has 0 amide bonds. The van der Waals surface area contributed by atoms with Crippen LogP contribution in [-0.2, 0) is 0 Å². The molecule has 0 bridgehead atoms. The number of carboxylic acids is 2. The molecule has 8 heteroatoms. The minimum Gasteiger partial charge on any atom is -0.478 e. The molecule has 0 spiro atoms. The zero-order valence-corrected chi connectivity index (χ0v) is 17.4. The maximum atomic E-state index is 12.5. The van der Waals surface area contributed by atoms with Gasteiger partial charge in [0.2, 0.25) is 0 Å². The molecule has 0 unspecified atom stereocenters. The molecule has 0 aliphatic heterocycles. The summed E-state index contributed by atoms with van der Waals surface area (Å²) in [4.78, 5) is 46.9. The van der Waals surface area contributed by atoms with Crippen LogP contribution in [0.1, 0.15) is 41.4 Å². The number of carbonyl (C=O) groups excluding carboxylic acids is 2. The van der Waals surface area contributed by atoms with Gasteiger partial charge in [0.15, 0.2) is 0 Å². The Kier molecular flexibility index (Phi) is 6.05. The number of hydrogen-bond acceptors (Lipinski definition) is 6. The van der Waals surface area contributed by atoms with E-state index in [2.05, 4.69) is 0 Å². The molecular weight excluding hydrogens is 440 g/mol. The zero-order valence-electron chi connectivity index (χ0n) is 17.4. The molecule has 0 aliphatic carbocycles. The quantitative estimate of drug-likeness (QED) is 0.316. The molecule has 0 saturated heterocycles. The van der Waals surface area contributed by atoms with Crippen LogP contribution >= 0.6 is 0 Å². The molecule has 4 aromatic carbocycles. The topological polar surface area (TPSA) is 127 Å². The number of ether oxygens (including phenoxy) is 2. The van der Waals surface area contributed by atoms with Crippen LogP contribution in [0.3, 0.4) is 0 Å². The second-order valence-electron chi connectivity index (χ2n) is 7.22. The lowest BCUT2D eigenvalue weighted by Gasteiger charge is -2.08. The highest BCUT2D eigenvalue weighted by atomic mass is 16.5. The Balaban J connectivity index is 1.43. The molecule has 8 nitrogen and oxygen atoms in total. The van der Waals surface area contributed by atoms with Crippen LogP contribution in [0.15, 0.2) is 84.9 Å². The van der Waals surface area contributed by atoms with E-state index in [0.717, 1.165) is 0 Å². The van der Waals surface area contributed by atoms with E-state index in [1.165, 1.54) is 66.7 Å². The summed E-state index contributed by atoms with van der Waals surface area (Å²) >= 11 is 0.